The molecule has 3 heteroatoms. The van der Waals surface area contributed by atoms with Gasteiger partial charge < -0.3 is 5.32 Å². The van der Waals surface area contributed by atoms with Gasteiger partial charge in [0.05, 0.1) is 5.56 Å². The van der Waals surface area contributed by atoms with Crippen molar-refractivity contribution in [3.63, 3.8) is 0 Å². The zero-order valence-electron chi connectivity index (χ0n) is 10.4. The topological polar surface area (TPSA) is 48.7 Å². The summed E-state index contributed by atoms with van der Waals surface area (Å²) in [6, 6.07) is 6.42. The molecule has 1 aromatic rings. The van der Waals surface area contributed by atoms with Gasteiger partial charge in [0.25, 0.3) is 0 Å². The van der Waals surface area contributed by atoms with Crippen LogP contribution in [0.5, 0.6) is 0 Å². The van der Waals surface area contributed by atoms with Gasteiger partial charge in [0.15, 0.2) is 0 Å². The number of hydrogen-bond donors (Lipinski definition) is 1. The lowest BCUT2D eigenvalue weighted by Crippen LogP contribution is -2.20. The van der Waals surface area contributed by atoms with Crippen LogP contribution in [-0.4, -0.2) is 11.0 Å². The molecule has 0 spiro atoms. The second-order valence-electron chi connectivity index (χ2n) is 4.79. The monoisotopic (exact) mass is 229 g/mol. The summed E-state index contributed by atoms with van der Waals surface area (Å²) in [5.41, 5.74) is 1.61. The van der Waals surface area contributed by atoms with Gasteiger partial charge in [-0.25, -0.2) is 4.98 Å². The van der Waals surface area contributed by atoms with E-state index in [-0.39, 0.29) is 0 Å². The van der Waals surface area contributed by atoms with E-state index in [0.29, 0.717) is 11.6 Å². The van der Waals surface area contributed by atoms with Crippen molar-refractivity contribution in [2.75, 3.05) is 5.32 Å². The van der Waals surface area contributed by atoms with E-state index in [1.165, 1.54) is 38.5 Å². The summed E-state index contributed by atoms with van der Waals surface area (Å²) in [6.45, 7) is 1.96. The van der Waals surface area contributed by atoms with E-state index in [1.54, 1.807) is 0 Å². The SMILES string of the molecule is Cc1ccc(C#N)c(NC2CCCCCC2)n1. The van der Waals surface area contributed by atoms with Crippen molar-refractivity contribution in [2.45, 2.75) is 51.5 Å². The third-order valence-electron chi connectivity index (χ3n) is 3.35. The minimum absolute atomic E-state index is 0.485. The molecule has 0 aliphatic heterocycles. The molecular weight excluding hydrogens is 210 g/mol. The first-order valence-electron chi connectivity index (χ1n) is 6.44. The summed E-state index contributed by atoms with van der Waals surface area (Å²) in [5, 5.41) is 12.5. The number of hydrogen-bond acceptors (Lipinski definition) is 3. The molecule has 1 fully saturated rings. The van der Waals surface area contributed by atoms with Gasteiger partial charge in [-0.05, 0) is 31.9 Å². The summed E-state index contributed by atoms with van der Waals surface area (Å²) >= 11 is 0. The number of rotatable bonds is 2. The molecule has 3 nitrogen and oxygen atoms in total. The first kappa shape index (κ1) is 11.9. The van der Waals surface area contributed by atoms with Crippen LogP contribution in [0.25, 0.3) is 0 Å². The van der Waals surface area contributed by atoms with E-state index < -0.39 is 0 Å². The summed E-state index contributed by atoms with van der Waals surface area (Å²) in [5.74, 6) is 0.763. The molecule has 0 aromatic carbocycles. The van der Waals surface area contributed by atoms with E-state index in [4.69, 9.17) is 5.26 Å². The predicted octanol–water partition coefficient (Wildman–Crippen LogP) is 3.40. The van der Waals surface area contributed by atoms with Crippen LogP contribution in [0.4, 0.5) is 5.82 Å². The third-order valence-corrected chi connectivity index (χ3v) is 3.35. The molecule has 17 heavy (non-hydrogen) atoms. The first-order valence-corrected chi connectivity index (χ1v) is 6.44. The molecule has 0 atom stereocenters. The lowest BCUT2D eigenvalue weighted by Gasteiger charge is -2.17. The van der Waals surface area contributed by atoms with Crippen LogP contribution in [-0.2, 0) is 0 Å². The highest BCUT2D eigenvalue weighted by atomic mass is 15.0. The second-order valence-corrected chi connectivity index (χ2v) is 4.79. The van der Waals surface area contributed by atoms with Crippen molar-refractivity contribution in [3.8, 4) is 6.07 Å². The van der Waals surface area contributed by atoms with Gasteiger partial charge in [0.2, 0.25) is 0 Å². The van der Waals surface area contributed by atoms with E-state index >= 15 is 0 Å². The Morgan fingerprint density at radius 3 is 2.59 bits per heavy atom. The van der Waals surface area contributed by atoms with Crippen LogP contribution >= 0.6 is 0 Å². The molecule has 1 aliphatic carbocycles. The van der Waals surface area contributed by atoms with Gasteiger partial charge in [-0.2, -0.15) is 5.26 Å². The van der Waals surface area contributed by atoms with Gasteiger partial charge >= 0.3 is 0 Å². The Bertz CT molecular complexity index is 412. The molecule has 1 aliphatic rings. The molecule has 1 saturated carbocycles. The molecule has 2 rings (SSSR count). The van der Waals surface area contributed by atoms with Crippen molar-refractivity contribution in [3.05, 3.63) is 23.4 Å². The summed E-state index contributed by atoms with van der Waals surface area (Å²) in [7, 11) is 0. The average molecular weight is 229 g/mol. The zero-order chi connectivity index (χ0) is 12.1. The highest BCUT2D eigenvalue weighted by molar-refractivity contribution is 5.52. The lowest BCUT2D eigenvalue weighted by molar-refractivity contribution is 0.617. The van der Waals surface area contributed by atoms with Gasteiger partial charge in [-0.1, -0.05) is 25.7 Å². The number of nitriles is 1. The van der Waals surface area contributed by atoms with Crippen LogP contribution in [0.15, 0.2) is 12.1 Å². The highest BCUT2D eigenvalue weighted by Gasteiger charge is 2.14. The maximum atomic E-state index is 9.06. The second kappa shape index (κ2) is 5.67. The van der Waals surface area contributed by atoms with Crippen LogP contribution in [0.2, 0.25) is 0 Å². The molecule has 90 valence electrons. The zero-order valence-corrected chi connectivity index (χ0v) is 10.4. The van der Waals surface area contributed by atoms with E-state index in [0.717, 1.165) is 11.5 Å². The highest BCUT2D eigenvalue weighted by Crippen LogP contribution is 2.22. The van der Waals surface area contributed by atoms with Gasteiger partial charge in [0, 0.05) is 11.7 Å². The van der Waals surface area contributed by atoms with Crippen molar-refractivity contribution in [1.29, 1.82) is 5.26 Å². The van der Waals surface area contributed by atoms with Crippen molar-refractivity contribution < 1.29 is 0 Å². The number of aryl methyl sites for hydroxylation is 1. The average Bonchev–Trinajstić information content (AvgIpc) is 2.58. The fourth-order valence-electron chi connectivity index (χ4n) is 2.37. The summed E-state index contributed by atoms with van der Waals surface area (Å²) in [4.78, 5) is 4.44. The quantitative estimate of drug-likeness (QED) is 0.791. The fraction of sp³-hybridized carbons (Fsp3) is 0.571. The van der Waals surface area contributed by atoms with Crippen molar-refractivity contribution in [1.82, 2.24) is 4.98 Å². The van der Waals surface area contributed by atoms with E-state index in [1.807, 2.05) is 19.1 Å². The maximum Gasteiger partial charge on any atom is 0.144 e. The number of nitrogens with zero attached hydrogens (tertiary/aromatic N) is 2. The Morgan fingerprint density at radius 2 is 1.94 bits per heavy atom. The molecule has 1 aromatic heterocycles. The minimum atomic E-state index is 0.485. The smallest absolute Gasteiger partial charge is 0.144 e. The van der Waals surface area contributed by atoms with Crippen molar-refractivity contribution in [2.24, 2.45) is 0 Å². The summed E-state index contributed by atoms with van der Waals surface area (Å²) < 4.78 is 0. The van der Waals surface area contributed by atoms with E-state index in [2.05, 4.69) is 16.4 Å². The Kier molecular flexibility index (Phi) is 3.98. The summed E-state index contributed by atoms with van der Waals surface area (Å²) in [6.07, 6.45) is 7.63. The Labute approximate surface area is 103 Å². The lowest BCUT2D eigenvalue weighted by atomic mass is 10.1. The number of pyridine rings is 1. The van der Waals surface area contributed by atoms with Crippen LogP contribution in [0.1, 0.15) is 49.8 Å². The minimum Gasteiger partial charge on any atom is -0.366 e. The maximum absolute atomic E-state index is 9.06. The first-order chi connectivity index (χ1) is 8.29. The third kappa shape index (κ3) is 3.20. The molecule has 0 amide bonds. The molecule has 1 N–H and O–H groups in total. The number of nitrogens with one attached hydrogen (secondary N) is 1. The Balaban J connectivity index is 2.11. The molecule has 1 heterocycles. The molecular formula is C14H19N3. The van der Waals surface area contributed by atoms with Gasteiger partial charge in [-0.3, -0.25) is 0 Å². The van der Waals surface area contributed by atoms with Crippen LogP contribution in [0.3, 0.4) is 0 Å². The standard InChI is InChI=1S/C14H19N3/c1-11-8-9-12(10-15)14(16-11)17-13-6-4-2-3-5-7-13/h8-9,13H,2-7H2,1H3,(H,16,17). The molecule has 0 bridgehead atoms. The van der Waals surface area contributed by atoms with Crippen LogP contribution in [0, 0.1) is 18.3 Å². The molecule has 0 unspecified atom stereocenters. The number of aromatic nitrogens is 1. The van der Waals surface area contributed by atoms with Gasteiger partial charge in [0.1, 0.15) is 11.9 Å². The normalized spacial score (nSPS) is 17.2. The Morgan fingerprint density at radius 1 is 1.24 bits per heavy atom. The molecule has 0 saturated heterocycles. The molecule has 0 radical (unpaired) electrons. The van der Waals surface area contributed by atoms with Crippen LogP contribution < -0.4 is 5.32 Å². The van der Waals surface area contributed by atoms with E-state index in [9.17, 15) is 0 Å². The fourth-order valence-corrected chi connectivity index (χ4v) is 2.37. The van der Waals surface area contributed by atoms with Crippen molar-refractivity contribution >= 4 is 5.82 Å². The Hall–Kier alpha value is -1.56. The van der Waals surface area contributed by atoms with Gasteiger partial charge in [-0.15, -0.1) is 0 Å². The largest absolute Gasteiger partial charge is 0.366 e. The number of anilines is 1. The predicted molar refractivity (Wildman–Crippen MR) is 68.8 cm³/mol.